The summed E-state index contributed by atoms with van der Waals surface area (Å²) in [4.78, 5) is 11.4. The molecule has 5 heteroatoms. The maximum atomic E-state index is 11.4. The van der Waals surface area contributed by atoms with Crippen molar-refractivity contribution in [3.8, 4) is 17.0 Å². The summed E-state index contributed by atoms with van der Waals surface area (Å²) in [7, 11) is 1.57. The van der Waals surface area contributed by atoms with Crippen molar-refractivity contribution in [2.24, 2.45) is 5.73 Å². The maximum absolute atomic E-state index is 11.4. The molecule has 0 atom stereocenters. The fourth-order valence-electron chi connectivity index (χ4n) is 2.47. The molecule has 5 nitrogen and oxygen atoms in total. The van der Waals surface area contributed by atoms with Gasteiger partial charge in [-0.05, 0) is 47.9 Å². The van der Waals surface area contributed by atoms with E-state index in [1.165, 1.54) is 0 Å². The number of rotatable bonds is 3. The molecule has 1 heterocycles. The van der Waals surface area contributed by atoms with Crippen molar-refractivity contribution < 1.29 is 9.53 Å². The minimum atomic E-state index is -0.436. The molecule has 0 radical (unpaired) electrons. The summed E-state index contributed by atoms with van der Waals surface area (Å²) in [5, 5.41) is 9.70. The van der Waals surface area contributed by atoms with E-state index in [1.54, 1.807) is 19.4 Å². The largest absolute Gasteiger partial charge is 0.479 e. The first-order valence-corrected chi connectivity index (χ1v) is 6.80. The Bertz CT molecular complexity index is 875. The van der Waals surface area contributed by atoms with Crippen molar-refractivity contribution >= 4 is 16.7 Å². The molecule has 0 bridgehead atoms. The van der Waals surface area contributed by atoms with E-state index in [-0.39, 0.29) is 0 Å². The Morgan fingerprint density at radius 1 is 1.18 bits per heavy atom. The molecule has 2 aromatic carbocycles. The molecular formula is C17H15N3O2. The van der Waals surface area contributed by atoms with Crippen LogP contribution >= 0.6 is 0 Å². The number of carbonyl (C=O) groups excluding carboxylic acids is 1. The lowest BCUT2D eigenvalue weighted by Crippen LogP contribution is -2.10. The second-order valence-corrected chi connectivity index (χ2v) is 5.05. The zero-order valence-electron chi connectivity index (χ0n) is 12.3. The van der Waals surface area contributed by atoms with Crippen LogP contribution in [-0.2, 0) is 0 Å². The number of benzene rings is 2. The molecular weight excluding hydrogens is 278 g/mol. The first kappa shape index (κ1) is 14.0. The standard InChI is InChI=1S/C17H15N3O2/c1-10-3-4-12(16(18)21)8-15(10)11-5-6-14-13(7-11)9-19-20-17(14)22-2/h3-9H,1-2H3,(H2,18,21). The summed E-state index contributed by atoms with van der Waals surface area (Å²) in [6.07, 6.45) is 1.69. The monoisotopic (exact) mass is 293 g/mol. The lowest BCUT2D eigenvalue weighted by molar-refractivity contribution is 0.100. The Balaban J connectivity index is 2.19. The van der Waals surface area contributed by atoms with Gasteiger partial charge in [0.2, 0.25) is 11.8 Å². The fourth-order valence-corrected chi connectivity index (χ4v) is 2.47. The summed E-state index contributed by atoms with van der Waals surface area (Å²) >= 11 is 0. The molecule has 0 saturated heterocycles. The van der Waals surface area contributed by atoms with Crippen molar-refractivity contribution in [3.63, 3.8) is 0 Å². The summed E-state index contributed by atoms with van der Waals surface area (Å²) in [6, 6.07) is 11.3. The van der Waals surface area contributed by atoms with Crippen molar-refractivity contribution in [3.05, 3.63) is 53.7 Å². The van der Waals surface area contributed by atoms with E-state index in [9.17, 15) is 4.79 Å². The molecule has 0 saturated carbocycles. The third-order valence-electron chi connectivity index (χ3n) is 3.65. The SMILES string of the molecule is COc1nncc2cc(-c3cc(C(N)=O)ccc3C)ccc12. The molecule has 0 fully saturated rings. The zero-order chi connectivity index (χ0) is 15.7. The molecule has 2 N–H and O–H groups in total. The van der Waals surface area contributed by atoms with E-state index in [2.05, 4.69) is 10.2 Å². The number of amides is 1. The smallest absolute Gasteiger partial charge is 0.248 e. The Morgan fingerprint density at radius 3 is 2.73 bits per heavy atom. The van der Waals surface area contributed by atoms with Gasteiger partial charge in [-0.15, -0.1) is 5.10 Å². The lowest BCUT2D eigenvalue weighted by atomic mass is 9.96. The summed E-state index contributed by atoms with van der Waals surface area (Å²) in [5.74, 6) is 0.0567. The van der Waals surface area contributed by atoms with Crippen LogP contribution < -0.4 is 10.5 Å². The second-order valence-electron chi connectivity index (χ2n) is 5.05. The van der Waals surface area contributed by atoms with E-state index < -0.39 is 5.91 Å². The number of primary amides is 1. The number of nitrogens with zero attached hydrogens (tertiary/aromatic N) is 2. The molecule has 110 valence electrons. The van der Waals surface area contributed by atoms with Gasteiger partial charge in [0.05, 0.1) is 13.3 Å². The van der Waals surface area contributed by atoms with Crippen molar-refractivity contribution in [2.45, 2.75) is 6.92 Å². The van der Waals surface area contributed by atoms with Crippen LogP contribution in [0.4, 0.5) is 0 Å². The van der Waals surface area contributed by atoms with Gasteiger partial charge in [-0.1, -0.05) is 12.1 Å². The number of aromatic nitrogens is 2. The third kappa shape index (κ3) is 2.37. The zero-order valence-corrected chi connectivity index (χ0v) is 12.3. The van der Waals surface area contributed by atoms with Gasteiger partial charge in [0.15, 0.2) is 0 Å². The van der Waals surface area contributed by atoms with Gasteiger partial charge in [-0.25, -0.2) is 0 Å². The number of methoxy groups -OCH3 is 1. The number of nitrogens with two attached hydrogens (primary N) is 1. The van der Waals surface area contributed by atoms with E-state index >= 15 is 0 Å². The highest BCUT2D eigenvalue weighted by molar-refractivity contribution is 5.95. The summed E-state index contributed by atoms with van der Waals surface area (Å²) in [6.45, 7) is 2.00. The summed E-state index contributed by atoms with van der Waals surface area (Å²) in [5.41, 5.74) is 8.88. The Kier molecular flexibility index (Phi) is 3.47. The average molecular weight is 293 g/mol. The normalized spacial score (nSPS) is 10.6. The van der Waals surface area contributed by atoms with Gasteiger partial charge in [-0.2, -0.15) is 5.10 Å². The molecule has 22 heavy (non-hydrogen) atoms. The Morgan fingerprint density at radius 2 is 2.00 bits per heavy atom. The molecule has 3 rings (SSSR count). The van der Waals surface area contributed by atoms with Crippen LogP contribution in [0.1, 0.15) is 15.9 Å². The van der Waals surface area contributed by atoms with Gasteiger partial charge < -0.3 is 10.5 Å². The molecule has 0 aliphatic rings. The van der Waals surface area contributed by atoms with Crippen LogP contribution in [0.25, 0.3) is 21.9 Å². The molecule has 1 amide bonds. The first-order valence-electron chi connectivity index (χ1n) is 6.80. The van der Waals surface area contributed by atoms with Crippen molar-refractivity contribution in [2.75, 3.05) is 7.11 Å². The quantitative estimate of drug-likeness (QED) is 0.805. The summed E-state index contributed by atoms with van der Waals surface area (Å²) < 4.78 is 5.21. The number of ether oxygens (including phenoxy) is 1. The Hall–Kier alpha value is -2.95. The van der Waals surface area contributed by atoms with Crippen LogP contribution in [0, 0.1) is 6.92 Å². The molecule has 0 unspecified atom stereocenters. The first-order chi connectivity index (χ1) is 10.6. The number of fused-ring (bicyclic) bond motifs is 1. The van der Waals surface area contributed by atoms with Crippen LogP contribution in [0.15, 0.2) is 42.6 Å². The topological polar surface area (TPSA) is 78.1 Å². The van der Waals surface area contributed by atoms with E-state index in [1.807, 2.05) is 37.3 Å². The Labute approximate surface area is 127 Å². The highest BCUT2D eigenvalue weighted by Gasteiger charge is 2.09. The fraction of sp³-hybridized carbons (Fsp3) is 0.118. The number of carbonyl (C=O) groups is 1. The predicted octanol–water partition coefficient (Wildman–Crippen LogP) is 2.71. The van der Waals surface area contributed by atoms with Crippen molar-refractivity contribution in [1.82, 2.24) is 10.2 Å². The van der Waals surface area contributed by atoms with Gasteiger partial charge in [0.25, 0.3) is 0 Å². The van der Waals surface area contributed by atoms with Crippen LogP contribution in [0.2, 0.25) is 0 Å². The number of aryl methyl sites for hydroxylation is 1. The molecule has 0 spiro atoms. The predicted molar refractivity (Wildman–Crippen MR) is 84.8 cm³/mol. The molecule has 1 aromatic heterocycles. The van der Waals surface area contributed by atoms with E-state index in [0.717, 1.165) is 27.5 Å². The molecule has 3 aromatic rings. The van der Waals surface area contributed by atoms with Crippen molar-refractivity contribution in [1.29, 1.82) is 0 Å². The molecule has 0 aliphatic carbocycles. The van der Waals surface area contributed by atoms with Gasteiger partial charge in [0, 0.05) is 16.3 Å². The van der Waals surface area contributed by atoms with Gasteiger partial charge >= 0.3 is 0 Å². The number of hydrogen-bond acceptors (Lipinski definition) is 4. The van der Waals surface area contributed by atoms with Crippen LogP contribution in [-0.4, -0.2) is 23.2 Å². The van der Waals surface area contributed by atoms with E-state index in [0.29, 0.717) is 11.4 Å². The lowest BCUT2D eigenvalue weighted by Gasteiger charge is -2.10. The van der Waals surface area contributed by atoms with Crippen LogP contribution in [0.3, 0.4) is 0 Å². The second kappa shape index (κ2) is 5.44. The molecule has 0 aliphatic heterocycles. The highest BCUT2D eigenvalue weighted by atomic mass is 16.5. The number of hydrogen-bond donors (Lipinski definition) is 1. The highest BCUT2D eigenvalue weighted by Crippen LogP contribution is 2.30. The third-order valence-corrected chi connectivity index (χ3v) is 3.65. The minimum Gasteiger partial charge on any atom is -0.479 e. The van der Waals surface area contributed by atoms with Crippen LogP contribution in [0.5, 0.6) is 5.88 Å². The average Bonchev–Trinajstić information content (AvgIpc) is 2.54. The minimum absolute atomic E-state index is 0.436. The van der Waals surface area contributed by atoms with Gasteiger partial charge in [0.1, 0.15) is 0 Å². The van der Waals surface area contributed by atoms with E-state index in [4.69, 9.17) is 10.5 Å². The van der Waals surface area contributed by atoms with Gasteiger partial charge in [-0.3, -0.25) is 4.79 Å². The maximum Gasteiger partial charge on any atom is 0.248 e.